The molecule has 2 rings (SSSR count). The standard InChI is InChI=1S/C18H26N4O3/c1-19-18(20-7-10-22-8-5-6-9-22)21-13-15-16(24-3)11-14(23-2)12-17(15)25-4/h5-6,8-9,11-12H,7,10,13H2,1-4H3,(H2,19,20,21). The van der Waals surface area contributed by atoms with Crippen molar-refractivity contribution in [3.05, 3.63) is 42.2 Å². The van der Waals surface area contributed by atoms with Gasteiger partial charge in [0.2, 0.25) is 0 Å². The van der Waals surface area contributed by atoms with Crippen molar-refractivity contribution >= 4 is 5.96 Å². The third-order valence-electron chi connectivity index (χ3n) is 3.80. The Labute approximate surface area is 148 Å². The van der Waals surface area contributed by atoms with Gasteiger partial charge in [0.1, 0.15) is 17.2 Å². The van der Waals surface area contributed by atoms with Crippen LogP contribution < -0.4 is 24.8 Å². The lowest BCUT2D eigenvalue weighted by Gasteiger charge is -2.17. The molecule has 0 amide bonds. The van der Waals surface area contributed by atoms with Crippen molar-refractivity contribution in [3.63, 3.8) is 0 Å². The molecule has 1 aromatic carbocycles. The molecule has 0 saturated heterocycles. The summed E-state index contributed by atoms with van der Waals surface area (Å²) in [7, 11) is 6.61. The summed E-state index contributed by atoms with van der Waals surface area (Å²) in [6, 6.07) is 7.69. The van der Waals surface area contributed by atoms with Crippen LogP contribution in [0.3, 0.4) is 0 Å². The van der Waals surface area contributed by atoms with Crippen LogP contribution in [0.5, 0.6) is 17.2 Å². The van der Waals surface area contributed by atoms with Crippen LogP contribution in [0.15, 0.2) is 41.7 Å². The Morgan fingerprint density at radius 2 is 1.64 bits per heavy atom. The molecule has 0 atom stereocenters. The van der Waals surface area contributed by atoms with Crippen LogP contribution in [0.4, 0.5) is 0 Å². The van der Waals surface area contributed by atoms with Gasteiger partial charge in [-0.05, 0) is 12.1 Å². The van der Waals surface area contributed by atoms with Gasteiger partial charge in [0.05, 0.1) is 33.4 Å². The zero-order valence-electron chi connectivity index (χ0n) is 15.2. The summed E-state index contributed by atoms with van der Waals surface area (Å²) in [6.45, 7) is 2.15. The van der Waals surface area contributed by atoms with Crippen molar-refractivity contribution in [2.24, 2.45) is 4.99 Å². The summed E-state index contributed by atoms with van der Waals surface area (Å²) in [5.74, 6) is 2.80. The van der Waals surface area contributed by atoms with Gasteiger partial charge in [-0.25, -0.2) is 0 Å². The third-order valence-corrected chi connectivity index (χ3v) is 3.80. The molecule has 0 aliphatic carbocycles. The largest absolute Gasteiger partial charge is 0.496 e. The van der Waals surface area contributed by atoms with Gasteiger partial charge in [-0.1, -0.05) is 0 Å². The molecule has 2 aromatic rings. The first kappa shape index (κ1) is 18.5. The van der Waals surface area contributed by atoms with Gasteiger partial charge in [-0.15, -0.1) is 0 Å². The number of hydrogen-bond acceptors (Lipinski definition) is 4. The van der Waals surface area contributed by atoms with Crippen molar-refractivity contribution in [1.29, 1.82) is 0 Å². The van der Waals surface area contributed by atoms with E-state index in [9.17, 15) is 0 Å². The fourth-order valence-corrected chi connectivity index (χ4v) is 2.47. The third kappa shape index (κ3) is 5.07. The van der Waals surface area contributed by atoms with Gasteiger partial charge in [0, 0.05) is 44.7 Å². The van der Waals surface area contributed by atoms with Crippen LogP contribution in [-0.4, -0.2) is 45.4 Å². The normalized spacial score (nSPS) is 11.1. The minimum atomic E-state index is 0.513. The molecule has 7 heteroatoms. The van der Waals surface area contributed by atoms with Crippen molar-refractivity contribution < 1.29 is 14.2 Å². The summed E-state index contributed by atoms with van der Waals surface area (Å²) in [5.41, 5.74) is 0.902. The quantitative estimate of drug-likeness (QED) is 0.564. The summed E-state index contributed by atoms with van der Waals surface area (Å²) in [4.78, 5) is 4.25. The SMILES string of the molecule is CN=C(NCCn1cccc1)NCc1c(OC)cc(OC)cc1OC. The molecule has 0 bridgehead atoms. The van der Waals surface area contributed by atoms with Gasteiger partial charge < -0.3 is 29.4 Å². The lowest BCUT2D eigenvalue weighted by molar-refractivity contribution is 0.368. The van der Waals surface area contributed by atoms with Crippen LogP contribution >= 0.6 is 0 Å². The fraction of sp³-hybridized carbons (Fsp3) is 0.389. The van der Waals surface area contributed by atoms with Crippen LogP contribution in [0.2, 0.25) is 0 Å². The molecule has 7 nitrogen and oxygen atoms in total. The van der Waals surface area contributed by atoms with E-state index in [1.165, 1.54) is 0 Å². The molecule has 136 valence electrons. The first-order valence-electron chi connectivity index (χ1n) is 8.06. The maximum atomic E-state index is 5.46. The number of ether oxygens (including phenoxy) is 3. The number of rotatable bonds is 8. The average Bonchev–Trinajstić information content (AvgIpc) is 3.17. The number of hydrogen-bond donors (Lipinski definition) is 2. The Balaban J connectivity index is 1.98. The maximum Gasteiger partial charge on any atom is 0.191 e. The van der Waals surface area contributed by atoms with Gasteiger partial charge in [0.25, 0.3) is 0 Å². The highest BCUT2D eigenvalue weighted by atomic mass is 16.5. The highest BCUT2D eigenvalue weighted by Crippen LogP contribution is 2.33. The molecule has 0 fully saturated rings. The second-order valence-corrected chi connectivity index (χ2v) is 5.28. The molecule has 0 aliphatic heterocycles. The smallest absolute Gasteiger partial charge is 0.191 e. The highest BCUT2D eigenvalue weighted by Gasteiger charge is 2.13. The first-order chi connectivity index (χ1) is 12.2. The van der Waals surface area contributed by atoms with Gasteiger partial charge in [-0.3, -0.25) is 4.99 Å². The van der Waals surface area contributed by atoms with Gasteiger partial charge in [0.15, 0.2) is 5.96 Å². The molecular weight excluding hydrogens is 320 g/mol. The molecule has 2 N–H and O–H groups in total. The molecule has 0 radical (unpaired) electrons. The first-order valence-corrected chi connectivity index (χ1v) is 8.06. The lowest BCUT2D eigenvalue weighted by atomic mass is 10.1. The fourth-order valence-electron chi connectivity index (χ4n) is 2.47. The Bertz CT molecular complexity index is 659. The second-order valence-electron chi connectivity index (χ2n) is 5.28. The Hall–Kier alpha value is -2.83. The summed E-state index contributed by atoms with van der Waals surface area (Å²) < 4.78 is 18.3. The van der Waals surface area contributed by atoms with E-state index in [0.717, 1.165) is 18.7 Å². The summed E-state index contributed by atoms with van der Waals surface area (Å²) >= 11 is 0. The van der Waals surface area contributed by atoms with E-state index in [-0.39, 0.29) is 0 Å². The number of aromatic nitrogens is 1. The van der Waals surface area contributed by atoms with Gasteiger partial charge >= 0.3 is 0 Å². The van der Waals surface area contributed by atoms with E-state index in [2.05, 4.69) is 20.2 Å². The second kappa shape index (κ2) is 9.46. The van der Waals surface area contributed by atoms with Crippen molar-refractivity contribution in [2.45, 2.75) is 13.1 Å². The molecular formula is C18H26N4O3. The number of methoxy groups -OCH3 is 3. The van der Waals surface area contributed by atoms with Crippen LogP contribution in [0, 0.1) is 0 Å². The molecule has 0 spiro atoms. The Morgan fingerprint density at radius 1 is 1.00 bits per heavy atom. The molecule has 1 heterocycles. The van der Waals surface area contributed by atoms with Crippen LogP contribution in [-0.2, 0) is 13.1 Å². The van der Waals surface area contributed by atoms with Crippen molar-refractivity contribution in [1.82, 2.24) is 15.2 Å². The predicted molar refractivity (Wildman–Crippen MR) is 98.7 cm³/mol. The minimum absolute atomic E-state index is 0.513. The molecule has 0 unspecified atom stereocenters. The number of nitrogens with one attached hydrogen (secondary N) is 2. The number of benzene rings is 1. The van der Waals surface area contributed by atoms with Crippen molar-refractivity contribution in [2.75, 3.05) is 34.9 Å². The summed E-state index contributed by atoms with van der Waals surface area (Å²) in [5, 5.41) is 6.57. The molecule has 0 saturated carbocycles. The summed E-state index contributed by atoms with van der Waals surface area (Å²) in [6.07, 6.45) is 4.07. The Kier molecular flexibility index (Phi) is 7.00. The zero-order valence-corrected chi connectivity index (χ0v) is 15.2. The van der Waals surface area contributed by atoms with Gasteiger partial charge in [-0.2, -0.15) is 0 Å². The van der Waals surface area contributed by atoms with E-state index in [1.807, 2.05) is 36.7 Å². The van der Waals surface area contributed by atoms with E-state index >= 15 is 0 Å². The zero-order chi connectivity index (χ0) is 18.1. The molecule has 25 heavy (non-hydrogen) atoms. The number of aliphatic imine (C=N–C) groups is 1. The average molecular weight is 346 g/mol. The lowest BCUT2D eigenvalue weighted by Crippen LogP contribution is -2.38. The van der Waals surface area contributed by atoms with E-state index < -0.39 is 0 Å². The number of guanidine groups is 1. The number of nitrogens with zero attached hydrogens (tertiary/aromatic N) is 2. The monoisotopic (exact) mass is 346 g/mol. The molecule has 1 aromatic heterocycles. The predicted octanol–water partition coefficient (Wildman–Crippen LogP) is 1.88. The van der Waals surface area contributed by atoms with E-state index in [1.54, 1.807) is 28.4 Å². The Morgan fingerprint density at radius 3 is 2.16 bits per heavy atom. The molecule has 0 aliphatic rings. The van der Waals surface area contributed by atoms with E-state index in [4.69, 9.17) is 14.2 Å². The van der Waals surface area contributed by atoms with Crippen molar-refractivity contribution in [3.8, 4) is 17.2 Å². The maximum absolute atomic E-state index is 5.46. The highest BCUT2D eigenvalue weighted by molar-refractivity contribution is 5.79. The topological polar surface area (TPSA) is 69.0 Å². The minimum Gasteiger partial charge on any atom is -0.496 e. The van der Waals surface area contributed by atoms with E-state index in [0.29, 0.717) is 29.8 Å². The van der Waals surface area contributed by atoms with Crippen LogP contribution in [0.25, 0.3) is 0 Å². The van der Waals surface area contributed by atoms with Crippen LogP contribution in [0.1, 0.15) is 5.56 Å².